The summed E-state index contributed by atoms with van der Waals surface area (Å²) in [5.74, 6) is -0.0725. The number of carbonyl (C=O) groups is 1. The number of aromatic nitrogens is 1. The van der Waals surface area contributed by atoms with Crippen LogP contribution in [0.1, 0.15) is 24.2 Å². The molecule has 3 rings (SSSR count). The lowest BCUT2D eigenvalue weighted by molar-refractivity contribution is -0.0586. The summed E-state index contributed by atoms with van der Waals surface area (Å²) in [7, 11) is 0. The largest absolute Gasteiger partial charge is 0.372 e. The molecule has 1 fully saturated rings. The Morgan fingerprint density at radius 1 is 1.04 bits per heavy atom. The zero-order valence-corrected chi connectivity index (χ0v) is 13.3. The van der Waals surface area contributed by atoms with Gasteiger partial charge in [-0.15, -0.1) is 0 Å². The molecule has 1 aromatic heterocycles. The Bertz CT molecular complexity index is 744. The van der Waals surface area contributed by atoms with E-state index < -0.39 is 0 Å². The normalized spacial score (nSPS) is 21.2. The van der Waals surface area contributed by atoms with E-state index in [-0.39, 0.29) is 23.7 Å². The molecule has 0 bridgehead atoms. The lowest BCUT2D eigenvalue weighted by Gasteiger charge is -2.35. The molecular formula is C18H20N2O3. The van der Waals surface area contributed by atoms with E-state index in [4.69, 9.17) is 4.74 Å². The molecule has 1 amide bonds. The summed E-state index contributed by atoms with van der Waals surface area (Å²) in [4.78, 5) is 26.6. The van der Waals surface area contributed by atoms with E-state index in [1.165, 1.54) is 10.6 Å². The summed E-state index contributed by atoms with van der Waals surface area (Å²) in [6.07, 6.45) is 1.65. The second kappa shape index (κ2) is 6.38. The Morgan fingerprint density at radius 3 is 2.35 bits per heavy atom. The summed E-state index contributed by atoms with van der Waals surface area (Å²) in [5, 5.41) is 0. The lowest BCUT2D eigenvalue weighted by atomic mass is 10.2. The second-order valence-corrected chi connectivity index (χ2v) is 5.93. The second-order valence-electron chi connectivity index (χ2n) is 5.93. The Kier molecular flexibility index (Phi) is 4.30. The molecule has 5 heteroatoms. The van der Waals surface area contributed by atoms with Crippen molar-refractivity contribution in [3.63, 3.8) is 0 Å². The van der Waals surface area contributed by atoms with Crippen molar-refractivity contribution in [2.45, 2.75) is 26.1 Å². The molecule has 0 spiro atoms. The lowest BCUT2D eigenvalue weighted by Crippen LogP contribution is -2.48. The zero-order chi connectivity index (χ0) is 16.4. The number of ether oxygens (including phenoxy) is 1. The molecule has 2 atom stereocenters. The van der Waals surface area contributed by atoms with Gasteiger partial charge in [-0.05, 0) is 32.0 Å². The number of benzene rings is 1. The number of pyridine rings is 1. The van der Waals surface area contributed by atoms with Crippen LogP contribution in [0.25, 0.3) is 5.69 Å². The summed E-state index contributed by atoms with van der Waals surface area (Å²) < 4.78 is 7.17. The molecule has 0 N–H and O–H groups in total. The van der Waals surface area contributed by atoms with Gasteiger partial charge in [0.1, 0.15) is 0 Å². The van der Waals surface area contributed by atoms with E-state index in [2.05, 4.69) is 0 Å². The molecule has 1 aliphatic heterocycles. The standard InChI is InChI=1S/C18H20N2O3/c1-13-10-19(11-14(2)23-13)18(22)15-8-9-17(21)20(12-15)16-6-4-3-5-7-16/h3-9,12-14H,10-11H2,1-2H3/t13-,14-/m0/s1. The minimum Gasteiger partial charge on any atom is -0.372 e. The predicted octanol–water partition coefficient (Wildman–Crippen LogP) is 2.09. The molecule has 2 aromatic rings. The maximum absolute atomic E-state index is 12.7. The van der Waals surface area contributed by atoms with Crippen molar-refractivity contribution in [1.29, 1.82) is 0 Å². The van der Waals surface area contributed by atoms with E-state index in [0.29, 0.717) is 18.7 Å². The van der Waals surface area contributed by atoms with Crippen LogP contribution in [0.5, 0.6) is 0 Å². The third-order valence-electron chi connectivity index (χ3n) is 3.90. The zero-order valence-electron chi connectivity index (χ0n) is 13.3. The smallest absolute Gasteiger partial charge is 0.255 e. The van der Waals surface area contributed by atoms with Crippen LogP contribution in [0.4, 0.5) is 0 Å². The fourth-order valence-electron chi connectivity index (χ4n) is 2.93. The average Bonchev–Trinajstić information content (AvgIpc) is 2.54. The number of hydrogen-bond donors (Lipinski definition) is 0. The Hall–Kier alpha value is -2.40. The first-order chi connectivity index (χ1) is 11.0. The fraction of sp³-hybridized carbons (Fsp3) is 0.333. The topological polar surface area (TPSA) is 51.5 Å². The first-order valence-corrected chi connectivity index (χ1v) is 7.77. The average molecular weight is 312 g/mol. The molecular weight excluding hydrogens is 292 g/mol. The third-order valence-corrected chi connectivity index (χ3v) is 3.90. The molecule has 1 aromatic carbocycles. The van der Waals surface area contributed by atoms with E-state index in [9.17, 15) is 9.59 Å². The van der Waals surface area contributed by atoms with Gasteiger partial charge >= 0.3 is 0 Å². The number of carbonyl (C=O) groups excluding carboxylic acids is 1. The molecule has 2 heterocycles. The fourth-order valence-corrected chi connectivity index (χ4v) is 2.93. The minimum absolute atomic E-state index is 0.0164. The van der Waals surface area contributed by atoms with Crippen molar-refractivity contribution in [1.82, 2.24) is 9.47 Å². The van der Waals surface area contributed by atoms with Gasteiger partial charge in [-0.1, -0.05) is 18.2 Å². The molecule has 5 nitrogen and oxygen atoms in total. The molecule has 0 unspecified atom stereocenters. The Labute approximate surface area is 135 Å². The number of rotatable bonds is 2. The summed E-state index contributed by atoms with van der Waals surface area (Å²) >= 11 is 0. The van der Waals surface area contributed by atoms with Crippen LogP contribution in [-0.2, 0) is 4.74 Å². The van der Waals surface area contributed by atoms with E-state index in [1.54, 1.807) is 17.2 Å². The van der Waals surface area contributed by atoms with Gasteiger partial charge in [-0.25, -0.2) is 0 Å². The molecule has 120 valence electrons. The quantitative estimate of drug-likeness (QED) is 0.853. The number of para-hydroxylation sites is 1. The SMILES string of the molecule is C[C@H]1CN(C(=O)c2ccc(=O)n(-c3ccccc3)c2)C[C@H](C)O1. The molecule has 1 aliphatic rings. The summed E-state index contributed by atoms with van der Waals surface area (Å²) in [6.45, 7) is 5.04. The molecule has 0 saturated carbocycles. The maximum Gasteiger partial charge on any atom is 0.255 e. The van der Waals surface area contributed by atoms with Crippen molar-refractivity contribution in [3.05, 3.63) is 64.6 Å². The van der Waals surface area contributed by atoms with Crippen LogP contribution in [0, 0.1) is 0 Å². The first kappa shape index (κ1) is 15.5. The van der Waals surface area contributed by atoms with Gasteiger partial charge in [0, 0.05) is 31.0 Å². The predicted molar refractivity (Wildman–Crippen MR) is 88.0 cm³/mol. The van der Waals surface area contributed by atoms with Gasteiger partial charge in [0.05, 0.1) is 17.8 Å². The monoisotopic (exact) mass is 312 g/mol. The number of hydrogen-bond acceptors (Lipinski definition) is 3. The summed E-state index contributed by atoms with van der Waals surface area (Å²) in [6, 6.07) is 12.3. The first-order valence-electron chi connectivity index (χ1n) is 7.77. The Balaban J connectivity index is 1.92. The van der Waals surface area contributed by atoms with Crippen molar-refractivity contribution >= 4 is 5.91 Å². The van der Waals surface area contributed by atoms with Crippen LogP contribution in [0.2, 0.25) is 0 Å². The van der Waals surface area contributed by atoms with Crippen LogP contribution < -0.4 is 5.56 Å². The Morgan fingerprint density at radius 2 is 1.70 bits per heavy atom. The highest BCUT2D eigenvalue weighted by molar-refractivity contribution is 5.94. The minimum atomic E-state index is -0.156. The van der Waals surface area contributed by atoms with E-state index in [1.807, 2.05) is 44.2 Å². The highest BCUT2D eigenvalue weighted by Gasteiger charge is 2.26. The van der Waals surface area contributed by atoms with Crippen LogP contribution >= 0.6 is 0 Å². The molecule has 0 radical (unpaired) electrons. The number of morpholine rings is 1. The van der Waals surface area contributed by atoms with Crippen LogP contribution in [0.15, 0.2) is 53.5 Å². The molecule has 0 aliphatic carbocycles. The van der Waals surface area contributed by atoms with E-state index in [0.717, 1.165) is 5.69 Å². The van der Waals surface area contributed by atoms with E-state index >= 15 is 0 Å². The van der Waals surface area contributed by atoms with Crippen LogP contribution in [0.3, 0.4) is 0 Å². The third kappa shape index (κ3) is 3.35. The number of nitrogens with zero attached hydrogens (tertiary/aromatic N) is 2. The molecule has 1 saturated heterocycles. The van der Waals surface area contributed by atoms with Crippen molar-refractivity contribution in [2.24, 2.45) is 0 Å². The highest BCUT2D eigenvalue weighted by atomic mass is 16.5. The molecule has 23 heavy (non-hydrogen) atoms. The van der Waals surface area contributed by atoms with Gasteiger partial charge < -0.3 is 9.64 Å². The van der Waals surface area contributed by atoms with Gasteiger partial charge in [-0.2, -0.15) is 0 Å². The van der Waals surface area contributed by atoms with Gasteiger partial charge in [0.2, 0.25) is 0 Å². The van der Waals surface area contributed by atoms with Gasteiger partial charge in [-0.3, -0.25) is 14.2 Å². The highest BCUT2D eigenvalue weighted by Crippen LogP contribution is 2.14. The van der Waals surface area contributed by atoms with Crippen molar-refractivity contribution < 1.29 is 9.53 Å². The van der Waals surface area contributed by atoms with Crippen LogP contribution in [-0.4, -0.2) is 40.7 Å². The van der Waals surface area contributed by atoms with Crippen molar-refractivity contribution in [3.8, 4) is 5.69 Å². The van der Waals surface area contributed by atoms with Gasteiger partial charge in [0.25, 0.3) is 11.5 Å². The number of amides is 1. The summed E-state index contributed by atoms with van der Waals surface area (Å²) in [5.41, 5.74) is 1.10. The van der Waals surface area contributed by atoms with Crippen molar-refractivity contribution in [2.75, 3.05) is 13.1 Å². The van der Waals surface area contributed by atoms with Gasteiger partial charge in [0.15, 0.2) is 0 Å². The maximum atomic E-state index is 12.7.